The van der Waals surface area contributed by atoms with Gasteiger partial charge < -0.3 is 15.0 Å². The fourth-order valence-electron chi connectivity index (χ4n) is 2.18. The van der Waals surface area contributed by atoms with Crippen molar-refractivity contribution in [2.75, 3.05) is 26.5 Å². The van der Waals surface area contributed by atoms with Crippen LogP contribution in [-0.4, -0.2) is 32.4 Å². The van der Waals surface area contributed by atoms with Crippen molar-refractivity contribution < 1.29 is 13.5 Å². The lowest BCUT2D eigenvalue weighted by Crippen LogP contribution is -2.07. The minimum absolute atomic E-state index is 0.152. The number of benzene rings is 2. The predicted molar refractivity (Wildman–Crippen MR) is 93.3 cm³/mol. The first-order chi connectivity index (χ1) is 11.4. The number of ether oxygens (including phenoxy) is 1. The van der Waals surface area contributed by atoms with Crippen LogP contribution in [0.1, 0.15) is 11.1 Å². The Morgan fingerprint density at radius 2 is 2.00 bits per heavy atom. The minimum atomic E-state index is -0.856. The molecule has 0 bridgehead atoms. The van der Waals surface area contributed by atoms with Crippen molar-refractivity contribution in [1.82, 2.24) is 4.90 Å². The molecule has 0 heterocycles. The number of nitrogens with one attached hydrogen (secondary N) is 1. The molecular formula is C18H21F2N3O. The van der Waals surface area contributed by atoms with E-state index in [1.165, 1.54) is 6.07 Å². The van der Waals surface area contributed by atoms with Gasteiger partial charge in [-0.3, -0.25) is 0 Å². The summed E-state index contributed by atoms with van der Waals surface area (Å²) in [6, 6.07) is 7.80. The lowest BCUT2D eigenvalue weighted by molar-refractivity contribution is 0.416. The fraction of sp³-hybridized carbons (Fsp3) is 0.278. The maximum atomic E-state index is 13.7. The van der Waals surface area contributed by atoms with Crippen molar-refractivity contribution in [3.63, 3.8) is 0 Å². The van der Waals surface area contributed by atoms with E-state index in [1.54, 1.807) is 25.6 Å². The summed E-state index contributed by atoms with van der Waals surface area (Å²) in [5, 5.41) is 3.09. The van der Waals surface area contributed by atoms with Crippen LogP contribution in [0.4, 0.5) is 20.2 Å². The van der Waals surface area contributed by atoms with Gasteiger partial charge in [0.15, 0.2) is 11.6 Å². The number of hydrogen-bond donors (Lipinski definition) is 1. The van der Waals surface area contributed by atoms with Gasteiger partial charge in [0, 0.05) is 32.3 Å². The lowest BCUT2D eigenvalue weighted by Gasteiger charge is -2.14. The highest BCUT2D eigenvalue weighted by Gasteiger charge is 2.11. The SMILES string of the molecule is COc1cc(/N=C\N(C)C)c(C)cc1NCc1cccc(F)c1F. The second kappa shape index (κ2) is 7.77. The number of aryl methyl sites for hydroxylation is 1. The van der Waals surface area contributed by atoms with Gasteiger partial charge in [0.05, 0.1) is 24.8 Å². The molecule has 0 aliphatic heterocycles. The van der Waals surface area contributed by atoms with Crippen LogP contribution >= 0.6 is 0 Å². The maximum absolute atomic E-state index is 13.7. The molecule has 24 heavy (non-hydrogen) atoms. The van der Waals surface area contributed by atoms with Crippen molar-refractivity contribution in [2.45, 2.75) is 13.5 Å². The normalized spacial score (nSPS) is 10.9. The number of nitrogens with zero attached hydrogens (tertiary/aromatic N) is 2. The zero-order valence-electron chi connectivity index (χ0n) is 14.2. The second-order valence-corrected chi connectivity index (χ2v) is 5.61. The number of halogens is 2. The van der Waals surface area contributed by atoms with Crippen LogP contribution < -0.4 is 10.1 Å². The van der Waals surface area contributed by atoms with Gasteiger partial charge >= 0.3 is 0 Å². The quantitative estimate of drug-likeness (QED) is 0.638. The molecule has 0 fully saturated rings. The molecule has 1 N–H and O–H groups in total. The summed E-state index contributed by atoms with van der Waals surface area (Å²) in [7, 11) is 5.33. The summed E-state index contributed by atoms with van der Waals surface area (Å²) in [6.07, 6.45) is 1.71. The van der Waals surface area contributed by atoms with E-state index in [2.05, 4.69) is 10.3 Å². The first kappa shape index (κ1) is 17.7. The number of methoxy groups -OCH3 is 1. The van der Waals surface area contributed by atoms with Crippen molar-refractivity contribution >= 4 is 17.7 Å². The molecule has 6 heteroatoms. The van der Waals surface area contributed by atoms with E-state index in [9.17, 15) is 8.78 Å². The van der Waals surface area contributed by atoms with Gasteiger partial charge in [-0.1, -0.05) is 12.1 Å². The van der Waals surface area contributed by atoms with E-state index in [1.807, 2.05) is 32.0 Å². The number of hydrogen-bond acceptors (Lipinski definition) is 3. The average Bonchev–Trinajstić information content (AvgIpc) is 2.55. The Balaban J connectivity index is 2.24. The van der Waals surface area contributed by atoms with Crippen LogP contribution in [0, 0.1) is 18.6 Å². The highest BCUT2D eigenvalue weighted by Crippen LogP contribution is 2.33. The molecule has 4 nitrogen and oxygen atoms in total. The van der Waals surface area contributed by atoms with Crippen LogP contribution in [0.25, 0.3) is 0 Å². The summed E-state index contributed by atoms with van der Waals surface area (Å²) in [6.45, 7) is 2.08. The molecule has 128 valence electrons. The monoisotopic (exact) mass is 333 g/mol. The first-order valence-corrected chi connectivity index (χ1v) is 7.48. The molecule has 0 amide bonds. The van der Waals surface area contributed by atoms with Crippen molar-refractivity contribution in [1.29, 1.82) is 0 Å². The Hall–Kier alpha value is -2.63. The maximum Gasteiger partial charge on any atom is 0.163 e. The first-order valence-electron chi connectivity index (χ1n) is 7.48. The van der Waals surface area contributed by atoms with E-state index in [4.69, 9.17) is 4.74 Å². The van der Waals surface area contributed by atoms with Gasteiger partial charge in [0.2, 0.25) is 0 Å². The predicted octanol–water partition coefficient (Wildman–Crippen LogP) is 4.12. The van der Waals surface area contributed by atoms with Crippen LogP contribution in [-0.2, 0) is 6.54 Å². The number of rotatable bonds is 6. The van der Waals surface area contributed by atoms with E-state index in [0.29, 0.717) is 11.4 Å². The molecule has 0 aromatic heterocycles. The van der Waals surface area contributed by atoms with Gasteiger partial charge in [-0.05, 0) is 24.6 Å². The summed E-state index contributed by atoms with van der Waals surface area (Å²) < 4.78 is 32.4. The molecule has 0 spiro atoms. The third kappa shape index (κ3) is 4.22. The zero-order valence-corrected chi connectivity index (χ0v) is 14.2. The highest BCUT2D eigenvalue weighted by molar-refractivity contribution is 5.69. The van der Waals surface area contributed by atoms with E-state index < -0.39 is 11.6 Å². The van der Waals surface area contributed by atoms with E-state index in [0.717, 1.165) is 17.3 Å². The Kier molecular flexibility index (Phi) is 5.73. The lowest BCUT2D eigenvalue weighted by atomic mass is 10.1. The number of aliphatic imine (C=N–C) groups is 1. The third-order valence-corrected chi connectivity index (χ3v) is 3.45. The molecule has 2 aromatic carbocycles. The molecule has 0 aliphatic carbocycles. The molecule has 0 atom stereocenters. The Labute approximate surface area is 140 Å². The van der Waals surface area contributed by atoms with Gasteiger partial charge in [0.25, 0.3) is 0 Å². The molecule has 0 saturated carbocycles. The standard InChI is InChI=1S/C18H21F2N3O/c1-12-8-16(17(24-4)9-15(12)22-11-23(2)3)21-10-13-6-5-7-14(19)18(13)20/h5-9,11,21H,10H2,1-4H3/b22-11-. The van der Waals surface area contributed by atoms with Gasteiger partial charge in [0.1, 0.15) is 5.75 Å². The largest absolute Gasteiger partial charge is 0.495 e. The number of anilines is 1. The molecule has 0 saturated heterocycles. The molecule has 0 aliphatic rings. The van der Waals surface area contributed by atoms with Crippen LogP contribution in [0.3, 0.4) is 0 Å². The van der Waals surface area contributed by atoms with Crippen LogP contribution in [0.2, 0.25) is 0 Å². The molecular weight excluding hydrogens is 312 g/mol. The van der Waals surface area contributed by atoms with Gasteiger partial charge in [-0.15, -0.1) is 0 Å². The van der Waals surface area contributed by atoms with Crippen molar-refractivity contribution in [3.05, 3.63) is 53.1 Å². The summed E-state index contributed by atoms with van der Waals surface area (Å²) in [5.41, 5.74) is 2.67. The van der Waals surface area contributed by atoms with Crippen molar-refractivity contribution in [3.8, 4) is 5.75 Å². The zero-order chi connectivity index (χ0) is 17.7. The highest BCUT2D eigenvalue weighted by atomic mass is 19.2. The smallest absolute Gasteiger partial charge is 0.163 e. The molecule has 0 radical (unpaired) electrons. The fourth-order valence-corrected chi connectivity index (χ4v) is 2.18. The van der Waals surface area contributed by atoms with Crippen LogP contribution in [0.15, 0.2) is 35.3 Å². The van der Waals surface area contributed by atoms with E-state index in [-0.39, 0.29) is 12.1 Å². The van der Waals surface area contributed by atoms with Gasteiger partial charge in [-0.2, -0.15) is 0 Å². The second-order valence-electron chi connectivity index (χ2n) is 5.61. The molecule has 2 rings (SSSR count). The summed E-state index contributed by atoms with van der Waals surface area (Å²) in [5.74, 6) is -1.11. The average molecular weight is 333 g/mol. The van der Waals surface area contributed by atoms with Gasteiger partial charge in [-0.25, -0.2) is 13.8 Å². The summed E-state index contributed by atoms with van der Waals surface area (Å²) >= 11 is 0. The molecule has 0 unspecified atom stereocenters. The van der Waals surface area contributed by atoms with Crippen molar-refractivity contribution in [2.24, 2.45) is 4.99 Å². The topological polar surface area (TPSA) is 36.9 Å². The summed E-state index contributed by atoms with van der Waals surface area (Å²) in [4.78, 5) is 6.22. The Bertz CT molecular complexity index is 745. The van der Waals surface area contributed by atoms with Crippen LogP contribution in [0.5, 0.6) is 5.75 Å². The Morgan fingerprint density at radius 1 is 1.25 bits per heavy atom. The Morgan fingerprint density at radius 3 is 2.67 bits per heavy atom. The minimum Gasteiger partial charge on any atom is -0.495 e. The molecule has 2 aromatic rings. The third-order valence-electron chi connectivity index (χ3n) is 3.45. The van der Waals surface area contributed by atoms with E-state index >= 15 is 0 Å².